The van der Waals surface area contributed by atoms with Gasteiger partial charge in [0.15, 0.2) is 0 Å². The van der Waals surface area contributed by atoms with Crippen molar-refractivity contribution >= 4 is 17.3 Å². The zero-order chi connectivity index (χ0) is 12.3. The molecule has 0 bridgehead atoms. The van der Waals surface area contributed by atoms with Gasteiger partial charge in [-0.2, -0.15) is 5.10 Å². The molecule has 0 aliphatic carbocycles. The van der Waals surface area contributed by atoms with E-state index in [1.165, 1.54) is 10.9 Å². The second-order valence-electron chi connectivity index (χ2n) is 3.77. The molecule has 2 aromatic rings. The average molecular weight is 231 g/mol. The lowest BCUT2D eigenvalue weighted by atomic mass is 10.3. The van der Waals surface area contributed by atoms with Crippen molar-refractivity contribution in [2.45, 2.75) is 13.5 Å². The highest BCUT2D eigenvalue weighted by atomic mass is 16.2. The quantitative estimate of drug-likeness (QED) is 0.818. The van der Waals surface area contributed by atoms with Crippen molar-refractivity contribution in [3.63, 3.8) is 0 Å². The minimum atomic E-state index is -0.166. The third kappa shape index (κ3) is 3.04. The van der Waals surface area contributed by atoms with Crippen LogP contribution in [-0.2, 0) is 11.3 Å². The van der Waals surface area contributed by atoms with Crippen LogP contribution in [0.25, 0.3) is 0 Å². The second-order valence-corrected chi connectivity index (χ2v) is 3.77. The summed E-state index contributed by atoms with van der Waals surface area (Å²) in [6.07, 6.45) is 6.43. The number of hydrogen-bond acceptors (Lipinski definition) is 4. The minimum Gasteiger partial charge on any atom is -0.396 e. The molecule has 0 fully saturated rings. The van der Waals surface area contributed by atoms with E-state index >= 15 is 0 Å². The normalized spacial score (nSPS) is 10.2. The highest BCUT2D eigenvalue weighted by Gasteiger charge is 2.04. The van der Waals surface area contributed by atoms with Crippen LogP contribution in [0.3, 0.4) is 0 Å². The van der Waals surface area contributed by atoms with Crippen molar-refractivity contribution < 1.29 is 4.79 Å². The summed E-state index contributed by atoms with van der Waals surface area (Å²) in [5.74, 6) is -0.166. The summed E-state index contributed by atoms with van der Waals surface area (Å²) < 4.78 is 1.48. The zero-order valence-electron chi connectivity index (χ0n) is 9.42. The Bertz CT molecular complexity index is 534. The standard InChI is InChI=1S/C11H13N5O/c1-8-2-10(5-13-3-8)15-11(17)7-16-6-9(12)4-14-16/h2-6H,7,12H2,1H3,(H,15,17). The van der Waals surface area contributed by atoms with E-state index in [0.717, 1.165) is 5.56 Å². The van der Waals surface area contributed by atoms with Crippen LogP contribution in [0, 0.1) is 6.92 Å². The van der Waals surface area contributed by atoms with E-state index in [1.807, 2.05) is 13.0 Å². The fourth-order valence-corrected chi connectivity index (χ4v) is 1.44. The molecule has 0 unspecified atom stereocenters. The van der Waals surface area contributed by atoms with Gasteiger partial charge in [-0.3, -0.25) is 14.5 Å². The first-order valence-electron chi connectivity index (χ1n) is 5.13. The van der Waals surface area contributed by atoms with Crippen LogP contribution in [0.2, 0.25) is 0 Å². The lowest BCUT2D eigenvalue weighted by Gasteiger charge is -2.05. The number of nitrogens with two attached hydrogens (primary N) is 1. The summed E-state index contributed by atoms with van der Waals surface area (Å²) in [6, 6.07) is 1.85. The fourth-order valence-electron chi connectivity index (χ4n) is 1.44. The van der Waals surface area contributed by atoms with Crippen molar-refractivity contribution in [1.29, 1.82) is 0 Å². The number of nitrogen functional groups attached to an aromatic ring is 1. The van der Waals surface area contributed by atoms with Crippen LogP contribution in [0.15, 0.2) is 30.9 Å². The molecule has 0 aliphatic rings. The van der Waals surface area contributed by atoms with E-state index in [0.29, 0.717) is 11.4 Å². The lowest BCUT2D eigenvalue weighted by Crippen LogP contribution is -2.19. The van der Waals surface area contributed by atoms with Crippen molar-refractivity contribution in [3.05, 3.63) is 36.4 Å². The number of nitrogens with zero attached hydrogens (tertiary/aromatic N) is 3. The first-order valence-corrected chi connectivity index (χ1v) is 5.13. The largest absolute Gasteiger partial charge is 0.396 e. The molecule has 0 saturated heterocycles. The third-order valence-electron chi connectivity index (χ3n) is 2.12. The van der Waals surface area contributed by atoms with E-state index in [4.69, 9.17) is 5.73 Å². The SMILES string of the molecule is Cc1cncc(NC(=O)Cn2cc(N)cn2)c1. The topological polar surface area (TPSA) is 85.8 Å². The van der Waals surface area contributed by atoms with Crippen LogP contribution in [0.5, 0.6) is 0 Å². The monoisotopic (exact) mass is 231 g/mol. The smallest absolute Gasteiger partial charge is 0.246 e. The molecule has 2 rings (SSSR count). The summed E-state index contributed by atoms with van der Waals surface area (Å²) in [4.78, 5) is 15.7. The summed E-state index contributed by atoms with van der Waals surface area (Å²) in [5, 5.41) is 6.67. The van der Waals surface area contributed by atoms with Crippen LogP contribution in [-0.4, -0.2) is 20.7 Å². The number of carbonyl (C=O) groups excluding carboxylic acids is 1. The summed E-state index contributed by atoms with van der Waals surface area (Å²) in [7, 11) is 0. The average Bonchev–Trinajstić information content (AvgIpc) is 2.63. The third-order valence-corrected chi connectivity index (χ3v) is 2.12. The lowest BCUT2D eigenvalue weighted by molar-refractivity contribution is -0.116. The van der Waals surface area contributed by atoms with Gasteiger partial charge in [-0.15, -0.1) is 0 Å². The Morgan fingerprint density at radius 1 is 1.47 bits per heavy atom. The van der Waals surface area contributed by atoms with Crippen LogP contribution in [0.4, 0.5) is 11.4 Å². The number of pyridine rings is 1. The number of hydrogen-bond donors (Lipinski definition) is 2. The molecular weight excluding hydrogens is 218 g/mol. The number of aryl methyl sites for hydroxylation is 1. The van der Waals surface area contributed by atoms with E-state index in [2.05, 4.69) is 15.4 Å². The maximum atomic E-state index is 11.7. The molecule has 0 spiro atoms. The number of nitrogens with one attached hydrogen (secondary N) is 1. The van der Waals surface area contributed by atoms with Gasteiger partial charge < -0.3 is 11.1 Å². The van der Waals surface area contributed by atoms with Gasteiger partial charge in [0.1, 0.15) is 6.54 Å². The Kier molecular flexibility index (Phi) is 3.04. The molecule has 88 valence electrons. The highest BCUT2D eigenvalue weighted by molar-refractivity contribution is 5.90. The summed E-state index contributed by atoms with van der Waals surface area (Å²) in [6.45, 7) is 2.04. The van der Waals surface area contributed by atoms with Crippen molar-refractivity contribution in [2.24, 2.45) is 0 Å². The Morgan fingerprint density at radius 2 is 2.29 bits per heavy atom. The second kappa shape index (κ2) is 4.65. The van der Waals surface area contributed by atoms with E-state index in [1.54, 1.807) is 18.6 Å². The maximum absolute atomic E-state index is 11.7. The van der Waals surface area contributed by atoms with Gasteiger partial charge in [0.25, 0.3) is 0 Å². The fraction of sp³-hybridized carbons (Fsp3) is 0.182. The van der Waals surface area contributed by atoms with Gasteiger partial charge in [0.2, 0.25) is 5.91 Å². The molecule has 2 heterocycles. The molecule has 6 nitrogen and oxygen atoms in total. The zero-order valence-corrected chi connectivity index (χ0v) is 9.42. The molecule has 0 aliphatic heterocycles. The molecule has 3 N–H and O–H groups in total. The molecule has 0 atom stereocenters. The predicted octanol–water partition coefficient (Wildman–Crippen LogP) is 0.807. The van der Waals surface area contributed by atoms with Crippen molar-refractivity contribution in [2.75, 3.05) is 11.1 Å². The van der Waals surface area contributed by atoms with Gasteiger partial charge in [0, 0.05) is 12.4 Å². The van der Waals surface area contributed by atoms with Crippen LogP contribution < -0.4 is 11.1 Å². The Balaban J connectivity index is 1.98. The van der Waals surface area contributed by atoms with Crippen molar-refractivity contribution in [1.82, 2.24) is 14.8 Å². The van der Waals surface area contributed by atoms with Crippen molar-refractivity contribution in [3.8, 4) is 0 Å². The molecular formula is C11H13N5O. The van der Waals surface area contributed by atoms with Gasteiger partial charge in [0.05, 0.1) is 23.8 Å². The molecule has 2 aromatic heterocycles. The van der Waals surface area contributed by atoms with Gasteiger partial charge in [-0.05, 0) is 18.6 Å². The summed E-state index contributed by atoms with van der Waals surface area (Å²) in [5.41, 5.74) is 7.71. The van der Waals surface area contributed by atoms with Gasteiger partial charge in [-0.1, -0.05) is 0 Å². The molecule has 0 saturated carbocycles. The summed E-state index contributed by atoms with van der Waals surface area (Å²) >= 11 is 0. The Morgan fingerprint density at radius 3 is 2.94 bits per heavy atom. The molecule has 0 aromatic carbocycles. The number of aromatic nitrogens is 3. The molecule has 17 heavy (non-hydrogen) atoms. The maximum Gasteiger partial charge on any atom is 0.246 e. The van der Waals surface area contributed by atoms with E-state index in [-0.39, 0.29) is 12.5 Å². The Hall–Kier alpha value is -2.37. The van der Waals surface area contributed by atoms with Crippen LogP contribution in [0.1, 0.15) is 5.56 Å². The highest BCUT2D eigenvalue weighted by Crippen LogP contribution is 2.07. The van der Waals surface area contributed by atoms with E-state index in [9.17, 15) is 4.79 Å². The van der Waals surface area contributed by atoms with Gasteiger partial charge in [-0.25, -0.2) is 0 Å². The number of carbonyl (C=O) groups is 1. The molecule has 6 heteroatoms. The van der Waals surface area contributed by atoms with Crippen LogP contribution >= 0.6 is 0 Å². The van der Waals surface area contributed by atoms with E-state index < -0.39 is 0 Å². The number of anilines is 2. The number of amides is 1. The number of rotatable bonds is 3. The minimum absolute atomic E-state index is 0.130. The molecule has 1 amide bonds. The Labute approximate surface area is 98.5 Å². The van der Waals surface area contributed by atoms with Gasteiger partial charge >= 0.3 is 0 Å². The predicted molar refractivity (Wildman–Crippen MR) is 64.2 cm³/mol. The first kappa shape index (κ1) is 11.1. The first-order chi connectivity index (χ1) is 8.13. The molecule has 0 radical (unpaired) electrons.